The predicted molar refractivity (Wildman–Crippen MR) is 91.0 cm³/mol. The third-order valence-corrected chi connectivity index (χ3v) is 4.20. The molecule has 0 unspecified atom stereocenters. The molecular formula is C18H30N2O2. The maximum absolute atomic E-state index is 6.44. The number of hydrogen-bond donors (Lipinski definition) is 1. The summed E-state index contributed by atoms with van der Waals surface area (Å²) < 4.78 is 10.8. The number of anilines is 1. The van der Waals surface area contributed by atoms with Crippen molar-refractivity contribution in [3.8, 4) is 0 Å². The second kappa shape index (κ2) is 8.51. The maximum atomic E-state index is 6.44. The van der Waals surface area contributed by atoms with Crippen molar-refractivity contribution >= 4 is 5.69 Å². The molecule has 4 nitrogen and oxygen atoms in total. The number of benzene rings is 1. The zero-order valence-corrected chi connectivity index (χ0v) is 14.1. The summed E-state index contributed by atoms with van der Waals surface area (Å²) in [4.78, 5) is 2.42. The highest BCUT2D eigenvalue weighted by Crippen LogP contribution is 2.31. The Hall–Kier alpha value is -1.10. The molecule has 1 fully saturated rings. The number of nitrogens with zero attached hydrogens (tertiary/aromatic N) is 1. The van der Waals surface area contributed by atoms with E-state index in [9.17, 15) is 0 Å². The molecule has 0 radical (unpaired) electrons. The molecule has 1 aliphatic heterocycles. The number of methoxy groups -OCH3 is 1. The van der Waals surface area contributed by atoms with Gasteiger partial charge in [0.25, 0.3) is 0 Å². The molecule has 0 bridgehead atoms. The Labute approximate surface area is 134 Å². The fraction of sp³-hybridized carbons (Fsp3) is 0.667. The highest BCUT2D eigenvalue weighted by molar-refractivity contribution is 5.55. The van der Waals surface area contributed by atoms with E-state index in [2.05, 4.69) is 43.0 Å². The number of piperidine rings is 1. The quantitative estimate of drug-likeness (QED) is 0.785. The smallest absolute Gasteiger partial charge is 0.146 e. The molecule has 0 aliphatic carbocycles. The van der Waals surface area contributed by atoms with E-state index in [0.717, 1.165) is 32.4 Å². The molecule has 1 heterocycles. The Morgan fingerprint density at radius 3 is 2.82 bits per heavy atom. The lowest BCUT2D eigenvalue weighted by molar-refractivity contribution is -0.0744. The normalized spacial score (nSPS) is 20.4. The second-order valence-electron chi connectivity index (χ2n) is 6.58. The Morgan fingerprint density at radius 1 is 1.32 bits per heavy atom. The van der Waals surface area contributed by atoms with Crippen molar-refractivity contribution in [3.05, 3.63) is 29.8 Å². The Balaban J connectivity index is 2.10. The maximum Gasteiger partial charge on any atom is 0.146 e. The van der Waals surface area contributed by atoms with Crippen LogP contribution in [0.2, 0.25) is 0 Å². The molecule has 0 spiro atoms. The van der Waals surface area contributed by atoms with Gasteiger partial charge in [0.2, 0.25) is 0 Å². The summed E-state index contributed by atoms with van der Waals surface area (Å²) in [5.41, 5.74) is 8.96. The standard InChI is InChI=1S/C18H30N2O2/c1-14(2)11-17(19)16-8-4-5-9-18(16)20-10-6-7-15(12-20)22-13-21-3/h4-5,8-9,14-15,17H,6-7,10-13,19H2,1-3H3/t15-,17+/m0/s1. The Kier molecular flexibility index (Phi) is 6.68. The number of ether oxygens (including phenoxy) is 2. The lowest BCUT2D eigenvalue weighted by atomic mass is 9.95. The minimum atomic E-state index is 0.0940. The largest absolute Gasteiger partial charge is 0.369 e. The predicted octanol–water partition coefficient (Wildman–Crippen LogP) is 3.32. The van der Waals surface area contributed by atoms with Crippen LogP contribution in [0, 0.1) is 5.92 Å². The van der Waals surface area contributed by atoms with Gasteiger partial charge in [0.05, 0.1) is 6.10 Å². The Morgan fingerprint density at radius 2 is 2.09 bits per heavy atom. The van der Waals surface area contributed by atoms with Crippen LogP contribution in [0.3, 0.4) is 0 Å². The minimum Gasteiger partial charge on any atom is -0.369 e. The number of nitrogens with two attached hydrogens (primary N) is 1. The van der Waals surface area contributed by atoms with E-state index in [-0.39, 0.29) is 12.1 Å². The molecule has 22 heavy (non-hydrogen) atoms. The zero-order chi connectivity index (χ0) is 15.9. The van der Waals surface area contributed by atoms with Crippen LogP contribution in [0.1, 0.15) is 44.7 Å². The highest BCUT2D eigenvalue weighted by Gasteiger charge is 2.23. The summed E-state index contributed by atoms with van der Waals surface area (Å²) in [5.74, 6) is 0.599. The van der Waals surface area contributed by atoms with Gasteiger partial charge in [-0.15, -0.1) is 0 Å². The van der Waals surface area contributed by atoms with Crippen molar-refractivity contribution in [2.24, 2.45) is 11.7 Å². The average molecular weight is 306 g/mol. The summed E-state index contributed by atoms with van der Waals surface area (Å²) in [5, 5.41) is 0. The third-order valence-electron chi connectivity index (χ3n) is 4.20. The van der Waals surface area contributed by atoms with E-state index in [4.69, 9.17) is 15.2 Å². The SMILES string of the molecule is COCO[C@H]1CCCN(c2ccccc2[C@H](N)CC(C)C)C1. The molecule has 0 aromatic heterocycles. The lowest BCUT2D eigenvalue weighted by Crippen LogP contribution is -2.40. The fourth-order valence-electron chi connectivity index (χ4n) is 3.18. The van der Waals surface area contributed by atoms with Gasteiger partial charge in [-0.2, -0.15) is 0 Å². The molecule has 2 rings (SSSR count). The summed E-state index contributed by atoms with van der Waals surface area (Å²) in [6.45, 7) is 6.79. The first kappa shape index (κ1) is 17.3. The van der Waals surface area contributed by atoms with Gasteiger partial charge in [0, 0.05) is 31.9 Å². The van der Waals surface area contributed by atoms with E-state index in [1.54, 1.807) is 7.11 Å². The van der Waals surface area contributed by atoms with Gasteiger partial charge in [0.15, 0.2) is 0 Å². The molecule has 2 atom stereocenters. The molecule has 1 aromatic carbocycles. The summed E-state index contributed by atoms with van der Waals surface area (Å²) in [7, 11) is 1.67. The summed E-state index contributed by atoms with van der Waals surface area (Å²) >= 11 is 0. The minimum absolute atomic E-state index is 0.0940. The van der Waals surface area contributed by atoms with Crippen molar-refractivity contribution in [2.45, 2.75) is 45.3 Å². The van der Waals surface area contributed by atoms with E-state index in [0.29, 0.717) is 12.7 Å². The van der Waals surface area contributed by atoms with Crippen LogP contribution in [0.15, 0.2) is 24.3 Å². The van der Waals surface area contributed by atoms with Gasteiger partial charge >= 0.3 is 0 Å². The van der Waals surface area contributed by atoms with Crippen molar-refractivity contribution in [1.82, 2.24) is 0 Å². The number of para-hydroxylation sites is 1. The molecular weight excluding hydrogens is 276 g/mol. The van der Waals surface area contributed by atoms with Gasteiger partial charge in [0.1, 0.15) is 6.79 Å². The molecule has 1 aromatic rings. The molecule has 4 heteroatoms. The van der Waals surface area contributed by atoms with Gasteiger partial charge in [-0.1, -0.05) is 32.0 Å². The second-order valence-corrected chi connectivity index (χ2v) is 6.58. The first-order chi connectivity index (χ1) is 10.6. The first-order valence-electron chi connectivity index (χ1n) is 8.31. The molecule has 0 saturated carbocycles. The average Bonchev–Trinajstić information content (AvgIpc) is 2.52. The van der Waals surface area contributed by atoms with Crippen LogP contribution in [0.25, 0.3) is 0 Å². The van der Waals surface area contributed by atoms with Crippen LogP contribution in [-0.2, 0) is 9.47 Å². The van der Waals surface area contributed by atoms with Gasteiger partial charge in [-0.25, -0.2) is 0 Å². The molecule has 2 N–H and O–H groups in total. The van der Waals surface area contributed by atoms with E-state index >= 15 is 0 Å². The van der Waals surface area contributed by atoms with Crippen molar-refractivity contribution in [2.75, 3.05) is 31.9 Å². The Bertz CT molecular complexity index is 450. The number of hydrogen-bond acceptors (Lipinski definition) is 4. The van der Waals surface area contributed by atoms with Crippen LogP contribution in [0.4, 0.5) is 5.69 Å². The molecule has 1 aliphatic rings. The molecule has 1 saturated heterocycles. The van der Waals surface area contributed by atoms with E-state index < -0.39 is 0 Å². The van der Waals surface area contributed by atoms with Gasteiger partial charge in [-0.05, 0) is 36.8 Å². The van der Waals surface area contributed by atoms with E-state index in [1.807, 2.05) is 0 Å². The van der Waals surface area contributed by atoms with Crippen LogP contribution >= 0.6 is 0 Å². The first-order valence-corrected chi connectivity index (χ1v) is 8.31. The van der Waals surface area contributed by atoms with Gasteiger partial charge in [-0.3, -0.25) is 0 Å². The van der Waals surface area contributed by atoms with E-state index in [1.165, 1.54) is 11.3 Å². The monoisotopic (exact) mass is 306 g/mol. The lowest BCUT2D eigenvalue weighted by Gasteiger charge is -2.36. The summed E-state index contributed by atoms with van der Waals surface area (Å²) in [6, 6.07) is 8.63. The molecule has 0 amide bonds. The van der Waals surface area contributed by atoms with Crippen LogP contribution < -0.4 is 10.6 Å². The van der Waals surface area contributed by atoms with Gasteiger partial charge < -0.3 is 20.1 Å². The van der Waals surface area contributed by atoms with Crippen molar-refractivity contribution in [1.29, 1.82) is 0 Å². The van der Waals surface area contributed by atoms with Crippen molar-refractivity contribution < 1.29 is 9.47 Å². The van der Waals surface area contributed by atoms with Crippen LogP contribution in [0.5, 0.6) is 0 Å². The van der Waals surface area contributed by atoms with Crippen molar-refractivity contribution in [3.63, 3.8) is 0 Å². The van der Waals surface area contributed by atoms with Crippen LogP contribution in [-0.4, -0.2) is 33.1 Å². The zero-order valence-electron chi connectivity index (χ0n) is 14.1. The topological polar surface area (TPSA) is 47.7 Å². The third kappa shape index (κ3) is 4.70. The molecule has 124 valence electrons. The highest BCUT2D eigenvalue weighted by atomic mass is 16.7. The fourth-order valence-corrected chi connectivity index (χ4v) is 3.18. The summed E-state index contributed by atoms with van der Waals surface area (Å²) in [6.07, 6.45) is 3.49. The number of rotatable bonds is 7.